The minimum Gasteiger partial charge on any atom is -0.480 e. The van der Waals surface area contributed by atoms with Gasteiger partial charge in [-0.25, -0.2) is 9.59 Å². The zero-order valence-electron chi connectivity index (χ0n) is 12.3. The largest absolute Gasteiger partial charge is 0.480 e. The number of hydrogen-bond acceptors (Lipinski definition) is 3. The van der Waals surface area contributed by atoms with Crippen molar-refractivity contribution in [1.29, 1.82) is 0 Å². The summed E-state index contributed by atoms with van der Waals surface area (Å²) < 4.78 is 0. The molecule has 0 radical (unpaired) electrons. The Bertz CT molecular complexity index is 432. The van der Waals surface area contributed by atoms with Gasteiger partial charge in [-0.2, -0.15) is 0 Å². The predicted molar refractivity (Wildman–Crippen MR) is 75.4 cm³/mol. The van der Waals surface area contributed by atoms with Crippen LogP contribution in [0.1, 0.15) is 32.6 Å². The van der Waals surface area contributed by atoms with Crippen LogP contribution in [-0.2, 0) is 9.59 Å². The Balaban J connectivity index is 1.93. The van der Waals surface area contributed by atoms with E-state index in [1.54, 1.807) is 4.90 Å². The fourth-order valence-electron chi connectivity index (χ4n) is 3.33. The number of carbonyl (C=O) groups excluding carboxylic acids is 2. The number of nitrogens with two attached hydrogens (primary N) is 1. The molecule has 3 amide bonds. The van der Waals surface area contributed by atoms with E-state index in [1.807, 2.05) is 6.92 Å². The number of aliphatic carboxylic acids is 1. The summed E-state index contributed by atoms with van der Waals surface area (Å²) in [6.07, 6.45) is 2.58. The Hall–Kier alpha value is -1.79. The summed E-state index contributed by atoms with van der Waals surface area (Å²) in [5.41, 5.74) is 5.19. The maximum absolute atomic E-state index is 12.5. The molecule has 0 saturated carbocycles. The second kappa shape index (κ2) is 6.32. The lowest BCUT2D eigenvalue weighted by atomic mass is 9.93. The molecule has 2 atom stereocenters. The Labute approximate surface area is 124 Å². The van der Waals surface area contributed by atoms with Gasteiger partial charge in [-0.15, -0.1) is 0 Å². The van der Waals surface area contributed by atoms with Crippen LogP contribution in [0, 0.1) is 11.8 Å². The van der Waals surface area contributed by atoms with Gasteiger partial charge in [0.25, 0.3) is 0 Å². The number of likely N-dealkylation sites (tertiary alicyclic amines) is 2. The molecule has 0 aromatic heterocycles. The lowest BCUT2D eigenvalue weighted by molar-refractivity contribution is -0.142. The van der Waals surface area contributed by atoms with Gasteiger partial charge in [0.15, 0.2) is 0 Å². The highest BCUT2D eigenvalue weighted by molar-refractivity contribution is 5.83. The fourth-order valence-corrected chi connectivity index (χ4v) is 3.33. The fraction of sp³-hybridized carbons (Fsp3) is 0.786. The highest BCUT2D eigenvalue weighted by Gasteiger charge is 2.41. The van der Waals surface area contributed by atoms with Crippen LogP contribution in [0.5, 0.6) is 0 Å². The molecule has 0 aliphatic carbocycles. The Morgan fingerprint density at radius 1 is 1.14 bits per heavy atom. The van der Waals surface area contributed by atoms with E-state index in [2.05, 4.69) is 0 Å². The number of hydrogen-bond donors (Lipinski definition) is 2. The molecule has 0 aromatic rings. The van der Waals surface area contributed by atoms with E-state index in [-0.39, 0.29) is 23.8 Å². The zero-order chi connectivity index (χ0) is 15.6. The van der Waals surface area contributed by atoms with Crippen LogP contribution in [0.4, 0.5) is 4.79 Å². The van der Waals surface area contributed by atoms with Crippen molar-refractivity contribution >= 4 is 17.9 Å². The normalized spacial score (nSPS) is 26.9. The van der Waals surface area contributed by atoms with Gasteiger partial charge in [-0.1, -0.05) is 6.92 Å². The van der Waals surface area contributed by atoms with Crippen molar-refractivity contribution in [2.45, 2.75) is 38.6 Å². The lowest BCUT2D eigenvalue weighted by Gasteiger charge is -2.35. The molecule has 3 N–H and O–H groups in total. The number of rotatable bonds is 3. The first-order chi connectivity index (χ1) is 9.90. The van der Waals surface area contributed by atoms with Gasteiger partial charge in [0.2, 0.25) is 5.91 Å². The van der Waals surface area contributed by atoms with Crippen LogP contribution in [0.2, 0.25) is 0 Å². The molecule has 118 valence electrons. The maximum Gasteiger partial charge on any atom is 0.326 e. The average Bonchev–Trinajstić information content (AvgIpc) is 2.80. The molecule has 2 unspecified atom stereocenters. The molecule has 0 aromatic carbocycles. The summed E-state index contributed by atoms with van der Waals surface area (Å²) in [5.74, 6) is -1.02. The van der Waals surface area contributed by atoms with Gasteiger partial charge < -0.3 is 20.6 Å². The van der Waals surface area contributed by atoms with E-state index in [1.165, 1.54) is 4.90 Å². The number of piperidine rings is 1. The number of carboxylic acid groups (broad SMARTS) is 1. The van der Waals surface area contributed by atoms with Crippen molar-refractivity contribution in [3.05, 3.63) is 0 Å². The van der Waals surface area contributed by atoms with Crippen LogP contribution in [-0.4, -0.2) is 58.5 Å². The SMILES string of the molecule is CC1CCN(C(=O)N2CCC(CC(N)=O)CC2)C1C(=O)O. The number of carboxylic acids is 1. The first-order valence-corrected chi connectivity index (χ1v) is 7.46. The second-order valence-corrected chi connectivity index (χ2v) is 6.13. The molecule has 21 heavy (non-hydrogen) atoms. The molecule has 2 saturated heterocycles. The third kappa shape index (κ3) is 3.46. The second-order valence-electron chi connectivity index (χ2n) is 6.13. The number of urea groups is 1. The number of primary amides is 1. The molecule has 7 heteroatoms. The number of carbonyl (C=O) groups is 3. The third-order valence-corrected chi connectivity index (χ3v) is 4.57. The van der Waals surface area contributed by atoms with Gasteiger partial charge in [0.1, 0.15) is 6.04 Å². The molecule has 2 rings (SSSR count). The maximum atomic E-state index is 12.5. The summed E-state index contributed by atoms with van der Waals surface area (Å²) in [6, 6.07) is -0.912. The summed E-state index contributed by atoms with van der Waals surface area (Å²) in [5, 5.41) is 9.28. The van der Waals surface area contributed by atoms with Crippen molar-refractivity contribution in [1.82, 2.24) is 9.80 Å². The van der Waals surface area contributed by atoms with Crippen molar-refractivity contribution in [2.24, 2.45) is 17.6 Å². The Morgan fingerprint density at radius 3 is 2.29 bits per heavy atom. The quantitative estimate of drug-likeness (QED) is 0.791. The van der Waals surface area contributed by atoms with Crippen LogP contribution < -0.4 is 5.73 Å². The average molecular weight is 297 g/mol. The molecule has 0 bridgehead atoms. The highest BCUT2D eigenvalue weighted by Crippen LogP contribution is 2.27. The smallest absolute Gasteiger partial charge is 0.326 e. The number of nitrogens with zero attached hydrogens (tertiary/aromatic N) is 2. The van der Waals surface area contributed by atoms with Crippen molar-refractivity contribution in [2.75, 3.05) is 19.6 Å². The van der Waals surface area contributed by atoms with Crippen LogP contribution in [0.3, 0.4) is 0 Å². The van der Waals surface area contributed by atoms with E-state index in [4.69, 9.17) is 5.73 Å². The van der Waals surface area contributed by atoms with Gasteiger partial charge in [0.05, 0.1) is 0 Å². The lowest BCUT2D eigenvalue weighted by Crippen LogP contribution is -2.51. The van der Waals surface area contributed by atoms with E-state index >= 15 is 0 Å². The summed E-state index contributed by atoms with van der Waals surface area (Å²) in [6.45, 7) is 3.49. The summed E-state index contributed by atoms with van der Waals surface area (Å²) >= 11 is 0. The molecule has 2 aliphatic rings. The molecular formula is C14H23N3O4. The van der Waals surface area contributed by atoms with E-state index in [9.17, 15) is 19.5 Å². The standard InChI is InChI=1S/C14H23N3O4/c1-9-2-7-17(12(9)13(19)20)14(21)16-5-3-10(4-6-16)8-11(15)18/h9-10,12H,2-8H2,1H3,(H2,15,18)(H,19,20). The van der Waals surface area contributed by atoms with Crippen LogP contribution in [0.15, 0.2) is 0 Å². The third-order valence-electron chi connectivity index (χ3n) is 4.57. The van der Waals surface area contributed by atoms with Gasteiger partial charge in [0, 0.05) is 26.1 Å². The van der Waals surface area contributed by atoms with E-state index < -0.39 is 12.0 Å². The Kier molecular flexibility index (Phi) is 4.69. The Morgan fingerprint density at radius 2 is 1.76 bits per heavy atom. The first-order valence-electron chi connectivity index (χ1n) is 7.46. The molecular weight excluding hydrogens is 274 g/mol. The minimum atomic E-state index is -0.933. The van der Waals surface area contributed by atoms with Gasteiger partial charge in [-0.3, -0.25) is 4.79 Å². The molecule has 0 spiro atoms. The van der Waals surface area contributed by atoms with Gasteiger partial charge >= 0.3 is 12.0 Å². The van der Waals surface area contributed by atoms with Gasteiger partial charge in [-0.05, 0) is 31.1 Å². The first kappa shape index (κ1) is 15.6. The highest BCUT2D eigenvalue weighted by atomic mass is 16.4. The monoisotopic (exact) mass is 297 g/mol. The van der Waals surface area contributed by atoms with E-state index in [0.29, 0.717) is 26.1 Å². The van der Waals surface area contributed by atoms with Crippen molar-refractivity contribution in [3.8, 4) is 0 Å². The minimum absolute atomic E-state index is 0.0150. The molecule has 2 aliphatic heterocycles. The van der Waals surface area contributed by atoms with Crippen molar-refractivity contribution < 1.29 is 19.5 Å². The summed E-state index contributed by atoms with van der Waals surface area (Å²) in [7, 11) is 0. The molecule has 2 heterocycles. The molecule has 7 nitrogen and oxygen atoms in total. The summed E-state index contributed by atoms with van der Waals surface area (Å²) in [4.78, 5) is 37.9. The van der Waals surface area contributed by atoms with Crippen molar-refractivity contribution in [3.63, 3.8) is 0 Å². The molecule has 2 fully saturated rings. The topological polar surface area (TPSA) is 104 Å². The zero-order valence-corrected chi connectivity index (χ0v) is 12.3. The predicted octanol–water partition coefficient (Wildman–Crippen LogP) is 0.489. The van der Waals surface area contributed by atoms with E-state index in [0.717, 1.165) is 19.3 Å². The number of amides is 3. The van der Waals surface area contributed by atoms with Crippen LogP contribution in [0.25, 0.3) is 0 Å². The van der Waals surface area contributed by atoms with Crippen LogP contribution >= 0.6 is 0 Å².